The van der Waals surface area contributed by atoms with Gasteiger partial charge in [-0.1, -0.05) is 18.6 Å². The third kappa shape index (κ3) is 3.89. The van der Waals surface area contributed by atoms with Crippen LogP contribution in [0.4, 0.5) is 18.9 Å². The molecule has 126 valence electrons. The number of nitrogens with two attached hydrogens (primary N) is 1. The van der Waals surface area contributed by atoms with E-state index in [4.69, 9.17) is 5.73 Å². The number of nitrogens with one attached hydrogen (secondary N) is 1. The fraction of sp³-hybridized carbons (Fsp3) is 0.562. The van der Waals surface area contributed by atoms with E-state index in [1.165, 1.54) is 50.3 Å². The molecule has 3 rings (SSSR count). The van der Waals surface area contributed by atoms with E-state index in [1.807, 2.05) is 0 Å². The predicted octanol–water partition coefficient (Wildman–Crippen LogP) is 3.89. The van der Waals surface area contributed by atoms with Gasteiger partial charge in [-0.25, -0.2) is 0 Å². The van der Waals surface area contributed by atoms with E-state index < -0.39 is 6.36 Å². The molecule has 0 atom stereocenters. The standard InChI is InChI=1S/C16H20F3N3O/c17-16(18,19)23-13-5-2-1-4-12(13)22-14(20)21-10-15(8-3-9-15)11-6-7-11/h1-2,4-5,11H,3,6-10H2,(H3,20,21,22). The summed E-state index contributed by atoms with van der Waals surface area (Å²) in [6.45, 7) is 0.638. The van der Waals surface area contributed by atoms with Crippen LogP contribution in [0.3, 0.4) is 0 Å². The number of guanidine groups is 1. The van der Waals surface area contributed by atoms with Gasteiger partial charge in [0.05, 0.1) is 5.69 Å². The third-order valence-corrected chi connectivity index (χ3v) is 4.73. The molecule has 23 heavy (non-hydrogen) atoms. The van der Waals surface area contributed by atoms with Crippen LogP contribution in [0.5, 0.6) is 5.75 Å². The molecule has 1 aromatic rings. The summed E-state index contributed by atoms with van der Waals surface area (Å²) in [6.07, 6.45) is 1.33. The van der Waals surface area contributed by atoms with Gasteiger partial charge in [0.15, 0.2) is 11.7 Å². The molecule has 0 saturated heterocycles. The van der Waals surface area contributed by atoms with Gasteiger partial charge in [0.25, 0.3) is 0 Å². The Morgan fingerprint density at radius 2 is 2.00 bits per heavy atom. The van der Waals surface area contributed by atoms with Gasteiger partial charge >= 0.3 is 6.36 Å². The minimum absolute atomic E-state index is 0.121. The number of rotatable bonds is 5. The number of hydrogen-bond donors (Lipinski definition) is 2. The van der Waals surface area contributed by atoms with E-state index >= 15 is 0 Å². The maximum Gasteiger partial charge on any atom is 0.573 e. The molecule has 0 radical (unpaired) electrons. The molecule has 0 amide bonds. The summed E-state index contributed by atoms with van der Waals surface area (Å²) in [7, 11) is 0. The first-order chi connectivity index (χ1) is 10.9. The second-order valence-corrected chi connectivity index (χ2v) is 6.36. The summed E-state index contributed by atoms with van der Waals surface area (Å²) >= 11 is 0. The van der Waals surface area contributed by atoms with Crippen molar-refractivity contribution in [2.45, 2.75) is 38.5 Å². The first-order valence-corrected chi connectivity index (χ1v) is 7.80. The Labute approximate surface area is 132 Å². The summed E-state index contributed by atoms with van der Waals surface area (Å²) in [6, 6.07) is 5.79. The fourth-order valence-electron chi connectivity index (χ4n) is 3.23. The highest BCUT2D eigenvalue weighted by Gasteiger charge is 2.48. The lowest BCUT2D eigenvalue weighted by molar-refractivity contribution is -0.274. The molecule has 2 aliphatic carbocycles. The van der Waals surface area contributed by atoms with Gasteiger partial charge in [-0.3, -0.25) is 4.99 Å². The molecule has 7 heteroatoms. The number of ether oxygens (including phenoxy) is 1. The zero-order chi connectivity index (χ0) is 16.5. The van der Waals surface area contributed by atoms with Gasteiger partial charge in [0, 0.05) is 6.54 Å². The molecule has 3 N–H and O–H groups in total. The van der Waals surface area contributed by atoms with Crippen molar-refractivity contribution in [3.8, 4) is 5.75 Å². The smallest absolute Gasteiger partial charge is 0.404 e. The van der Waals surface area contributed by atoms with Crippen LogP contribution in [0.1, 0.15) is 32.1 Å². The molecule has 2 aliphatic rings. The molecule has 1 aromatic carbocycles. The summed E-state index contributed by atoms with van der Waals surface area (Å²) in [4.78, 5) is 4.36. The quantitative estimate of drug-likeness (QED) is 0.637. The van der Waals surface area contributed by atoms with Crippen molar-refractivity contribution in [3.63, 3.8) is 0 Å². The second-order valence-electron chi connectivity index (χ2n) is 6.36. The average Bonchev–Trinajstić information content (AvgIpc) is 3.23. The van der Waals surface area contributed by atoms with Crippen LogP contribution in [-0.4, -0.2) is 18.9 Å². The van der Waals surface area contributed by atoms with Crippen LogP contribution in [0, 0.1) is 11.3 Å². The van der Waals surface area contributed by atoms with E-state index in [0.717, 1.165) is 5.92 Å². The molecule has 2 saturated carbocycles. The topological polar surface area (TPSA) is 59.6 Å². The highest BCUT2D eigenvalue weighted by atomic mass is 19.4. The van der Waals surface area contributed by atoms with E-state index in [1.54, 1.807) is 6.07 Å². The molecule has 0 heterocycles. The zero-order valence-corrected chi connectivity index (χ0v) is 12.7. The minimum atomic E-state index is -4.74. The van der Waals surface area contributed by atoms with Crippen molar-refractivity contribution < 1.29 is 17.9 Å². The molecular weight excluding hydrogens is 307 g/mol. The molecule has 0 unspecified atom stereocenters. The first kappa shape index (κ1) is 16.0. The van der Waals surface area contributed by atoms with E-state index in [0.29, 0.717) is 6.54 Å². The van der Waals surface area contributed by atoms with Crippen molar-refractivity contribution in [2.24, 2.45) is 22.1 Å². The normalized spacial score (nSPS) is 20.7. The molecule has 4 nitrogen and oxygen atoms in total. The lowest BCUT2D eigenvalue weighted by Gasteiger charge is -2.41. The van der Waals surface area contributed by atoms with Gasteiger partial charge in [-0.15, -0.1) is 13.2 Å². The zero-order valence-electron chi connectivity index (χ0n) is 12.7. The van der Waals surface area contributed by atoms with Crippen LogP contribution >= 0.6 is 0 Å². The van der Waals surface area contributed by atoms with Gasteiger partial charge in [-0.05, 0) is 49.1 Å². The Kier molecular flexibility index (Phi) is 4.12. The van der Waals surface area contributed by atoms with E-state index in [-0.39, 0.29) is 22.8 Å². The minimum Gasteiger partial charge on any atom is -0.404 e. The number of para-hydroxylation sites is 2. The van der Waals surface area contributed by atoms with Crippen LogP contribution in [-0.2, 0) is 0 Å². The predicted molar refractivity (Wildman–Crippen MR) is 82.2 cm³/mol. The highest BCUT2D eigenvalue weighted by Crippen LogP contribution is 2.57. The average molecular weight is 327 g/mol. The number of benzene rings is 1. The van der Waals surface area contributed by atoms with Crippen LogP contribution < -0.4 is 15.8 Å². The monoisotopic (exact) mass is 327 g/mol. The SMILES string of the molecule is NC(=NCC1(C2CC2)CCC1)Nc1ccccc1OC(F)(F)F. The number of hydrogen-bond acceptors (Lipinski definition) is 2. The number of anilines is 1. The Balaban J connectivity index is 1.65. The highest BCUT2D eigenvalue weighted by molar-refractivity contribution is 5.93. The molecular formula is C16H20F3N3O. The lowest BCUT2D eigenvalue weighted by Crippen LogP contribution is -2.36. The fourth-order valence-corrected chi connectivity index (χ4v) is 3.23. The van der Waals surface area contributed by atoms with Crippen LogP contribution in [0.15, 0.2) is 29.3 Å². The summed E-state index contributed by atoms with van der Waals surface area (Å²) < 4.78 is 41.2. The first-order valence-electron chi connectivity index (χ1n) is 7.80. The Morgan fingerprint density at radius 1 is 1.30 bits per heavy atom. The number of nitrogens with zero attached hydrogens (tertiary/aromatic N) is 1. The molecule has 2 fully saturated rings. The molecule has 0 aromatic heterocycles. The molecule has 0 aliphatic heterocycles. The number of aliphatic imine (C=N–C) groups is 1. The summed E-state index contributed by atoms with van der Waals surface area (Å²) in [5.41, 5.74) is 6.27. The molecule has 0 spiro atoms. The second kappa shape index (κ2) is 5.94. The largest absolute Gasteiger partial charge is 0.573 e. The third-order valence-electron chi connectivity index (χ3n) is 4.73. The van der Waals surface area contributed by atoms with Crippen LogP contribution in [0.2, 0.25) is 0 Å². The van der Waals surface area contributed by atoms with Gasteiger partial charge in [0.2, 0.25) is 0 Å². The van der Waals surface area contributed by atoms with Crippen molar-refractivity contribution in [1.82, 2.24) is 0 Å². The number of alkyl halides is 3. The Bertz CT molecular complexity index is 592. The Morgan fingerprint density at radius 3 is 2.57 bits per heavy atom. The van der Waals surface area contributed by atoms with Gasteiger partial charge < -0.3 is 15.8 Å². The van der Waals surface area contributed by atoms with Crippen molar-refractivity contribution in [1.29, 1.82) is 0 Å². The van der Waals surface area contributed by atoms with E-state index in [2.05, 4.69) is 15.0 Å². The van der Waals surface area contributed by atoms with Gasteiger partial charge in [0.1, 0.15) is 0 Å². The van der Waals surface area contributed by atoms with E-state index in [9.17, 15) is 13.2 Å². The lowest BCUT2D eigenvalue weighted by atomic mass is 9.65. The van der Waals surface area contributed by atoms with Crippen LogP contribution in [0.25, 0.3) is 0 Å². The van der Waals surface area contributed by atoms with Crippen molar-refractivity contribution in [3.05, 3.63) is 24.3 Å². The summed E-state index contributed by atoms with van der Waals surface area (Å²) in [5.74, 6) is 0.544. The number of halogens is 3. The maximum atomic E-state index is 12.4. The Hall–Kier alpha value is -1.92. The van der Waals surface area contributed by atoms with Gasteiger partial charge in [-0.2, -0.15) is 0 Å². The maximum absolute atomic E-state index is 12.4. The molecule has 0 bridgehead atoms. The summed E-state index contributed by atoms with van der Waals surface area (Å²) in [5, 5.41) is 2.72. The van der Waals surface area contributed by atoms with Crippen molar-refractivity contribution in [2.75, 3.05) is 11.9 Å². The van der Waals surface area contributed by atoms with Crippen molar-refractivity contribution >= 4 is 11.6 Å².